The zero-order valence-electron chi connectivity index (χ0n) is 36.0. The first kappa shape index (κ1) is 38.5. The van der Waals surface area contributed by atoms with Crippen LogP contribution in [0.2, 0.25) is 0 Å². The van der Waals surface area contributed by atoms with Crippen molar-refractivity contribution in [3.63, 3.8) is 0 Å². The highest BCUT2D eigenvalue weighted by Gasteiger charge is 2.66. The second kappa shape index (κ2) is 16.3. The molecule has 1 nitrogen and oxygen atoms in total. The highest BCUT2D eigenvalue weighted by atomic mass is 15.2. The second-order valence-corrected chi connectivity index (χ2v) is 23.1. The van der Waals surface area contributed by atoms with Gasteiger partial charge in [0.15, 0.2) is 0 Å². The summed E-state index contributed by atoms with van der Waals surface area (Å²) in [5, 5.41) is 0. The Kier molecular flexibility index (Phi) is 11.8. The molecular formula is C52H89N. The molecule has 0 bridgehead atoms. The number of hydrogen-bond acceptors (Lipinski definition) is 1. The number of hydrogen-bond donors (Lipinski definition) is 0. The van der Waals surface area contributed by atoms with E-state index in [4.69, 9.17) is 0 Å². The van der Waals surface area contributed by atoms with E-state index in [0.29, 0.717) is 10.8 Å². The molecule has 9 aliphatic rings. The van der Waals surface area contributed by atoms with Crippen molar-refractivity contribution in [3.05, 3.63) is 0 Å². The van der Waals surface area contributed by atoms with Crippen molar-refractivity contribution >= 4 is 0 Å². The van der Waals surface area contributed by atoms with Gasteiger partial charge < -0.3 is 0 Å². The maximum absolute atomic E-state index is 3.52. The summed E-state index contributed by atoms with van der Waals surface area (Å²) >= 11 is 0. The Bertz CT molecular complexity index is 1170. The van der Waals surface area contributed by atoms with Crippen LogP contribution < -0.4 is 0 Å². The van der Waals surface area contributed by atoms with E-state index in [-0.39, 0.29) is 0 Å². The van der Waals surface area contributed by atoms with E-state index in [0.717, 1.165) is 89.1 Å². The van der Waals surface area contributed by atoms with E-state index in [1.54, 1.807) is 141 Å². The molecule has 0 saturated heterocycles. The van der Waals surface area contributed by atoms with E-state index in [2.05, 4.69) is 32.6 Å². The third-order valence-electron chi connectivity index (χ3n) is 21.1. The van der Waals surface area contributed by atoms with Crippen LogP contribution in [-0.2, 0) is 0 Å². The van der Waals surface area contributed by atoms with Gasteiger partial charge >= 0.3 is 0 Å². The topological polar surface area (TPSA) is 3.24 Å². The molecule has 0 heterocycles. The molecule has 302 valence electrons. The zero-order valence-corrected chi connectivity index (χ0v) is 36.0. The third-order valence-corrected chi connectivity index (χ3v) is 21.1. The Morgan fingerprint density at radius 1 is 0.453 bits per heavy atom. The van der Waals surface area contributed by atoms with Gasteiger partial charge in [-0.05, 0) is 172 Å². The molecule has 0 aromatic rings. The average Bonchev–Trinajstić information content (AvgIpc) is 3.63. The van der Waals surface area contributed by atoms with Gasteiger partial charge in [-0.3, -0.25) is 4.90 Å². The predicted octanol–water partition coefficient (Wildman–Crippen LogP) is 15.1. The first-order chi connectivity index (χ1) is 26.0. The molecule has 53 heavy (non-hydrogen) atoms. The molecule has 13 unspecified atom stereocenters. The smallest absolute Gasteiger partial charge is 0.0104 e. The summed E-state index contributed by atoms with van der Waals surface area (Å²) in [5.74, 6) is 12.6. The Balaban J connectivity index is 1.06. The van der Waals surface area contributed by atoms with Crippen molar-refractivity contribution in [3.8, 4) is 0 Å². The number of nitrogens with zero attached hydrogens (tertiary/aromatic N) is 1. The van der Waals surface area contributed by atoms with Gasteiger partial charge in [0.25, 0.3) is 0 Å². The molecular weight excluding hydrogens is 639 g/mol. The molecule has 0 aromatic heterocycles. The minimum Gasteiger partial charge on any atom is -0.294 e. The quantitative estimate of drug-likeness (QED) is 0.229. The summed E-state index contributed by atoms with van der Waals surface area (Å²) in [6.07, 6.45) is 48.2. The fourth-order valence-corrected chi connectivity index (χ4v) is 19.5. The molecule has 1 heteroatoms. The van der Waals surface area contributed by atoms with Crippen LogP contribution in [0.1, 0.15) is 227 Å². The summed E-state index contributed by atoms with van der Waals surface area (Å²) < 4.78 is 0. The van der Waals surface area contributed by atoms with Crippen molar-refractivity contribution in [2.75, 3.05) is 0 Å². The predicted molar refractivity (Wildman–Crippen MR) is 226 cm³/mol. The molecule has 14 atom stereocenters. The zero-order chi connectivity index (χ0) is 36.2. The lowest BCUT2D eigenvalue weighted by Crippen LogP contribution is -2.57. The largest absolute Gasteiger partial charge is 0.294 e. The van der Waals surface area contributed by atoms with Gasteiger partial charge in [-0.2, -0.15) is 0 Å². The Hall–Kier alpha value is -0.0400. The van der Waals surface area contributed by atoms with E-state index < -0.39 is 0 Å². The number of fused-ring (bicyclic) bond motifs is 6. The highest BCUT2D eigenvalue weighted by Crippen LogP contribution is 2.72. The van der Waals surface area contributed by atoms with Crippen LogP contribution >= 0.6 is 0 Å². The van der Waals surface area contributed by atoms with Gasteiger partial charge in [0.1, 0.15) is 0 Å². The lowest BCUT2D eigenvalue weighted by molar-refractivity contribution is -0.0891. The number of rotatable bonds is 9. The second-order valence-electron chi connectivity index (χ2n) is 23.1. The molecule has 9 saturated carbocycles. The molecule has 0 aliphatic heterocycles. The van der Waals surface area contributed by atoms with Gasteiger partial charge in [-0.15, -0.1) is 0 Å². The minimum absolute atomic E-state index is 0.570. The first-order valence-electron chi connectivity index (χ1n) is 25.7. The standard InChI is InChI=1S/C52H89N/c1-5-18-38(6-2)52(39-22-11-8-12-23-39)48-28-16-14-26-44(48)46-32-30-42(35-50(46)52)53(40-24-17-21-37(33-40)36-19-9-7-10-20-36)41-29-31-45-43-25-13-15-27-47(43)51(3,4)49(45)34-41/h36-50H,5-35H2,1-4H3/t37?,38-,40?,41?,42?,43?,44?,45?,46?,47?,48?,49?,50?,52?/m0/s1. The van der Waals surface area contributed by atoms with Crippen LogP contribution in [-0.4, -0.2) is 23.0 Å². The van der Waals surface area contributed by atoms with Gasteiger partial charge in [0, 0.05) is 18.1 Å². The summed E-state index contributed by atoms with van der Waals surface area (Å²) in [5.41, 5.74) is 1.24. The van der Waals surface area contributed by atoms with Crippen LogP contribution in [0.15, 0.2) is 0 Å². The van der Waals surface area contributed by atoms with Gasteiger partial charge in [0.2, 0.25) is 0 Å². The molecule has 0 amide bonds. The highest BCUT2D eigenvalue weighted by molar-refractivity contribution is 5.15. The van der Waals surface area contributed by atoms with E-state index in [9.17, 15) is 0 Å². The van der Waals surface area contributed by atoms with Crippen molar-refractivity contribution in [1.82, 2.24) is 4.90 Å². The SMILES string of the molecule is CCC[C@H](CC)C1(C2CCCCC2)C2CCCCC2C2CCC(N(C3CCCC(C4CCCCC4)C3)C3CCC4C5CCCCC5C(C)(C)C4C3)CC21. The molecule has 9 fully saturated rings. The summed E-state index contributed by atoms with van der Waals surface area (Å²) in [7, 11) is 0. The molecule has 0 spiro atoms. The van der Waals surface area contributed by atoms with E-state index >= 15 is 0 Å². The molecule has 9 aliphatic carbocycles. The summed E-state index contributed by atoms with van der Waals surface area (Å²) in [6.45, 7) is 10.8. The van der Waals surface area contributed by atoms with Crippen molar-refractivity contribution in [2.45, 2.75) is 245 Å². The van der Waals surface area contributed by atoms with Crippen LogP contribution in [0.25, 0.3) is 0 Å². The van der Waals surface area contributed by atoms with Crippen LogP contribution in [0.3, 0.4) is 0 Å². The van der Waals surface area contributed by atoms with E-state index in [1.807, 2.05) is 0 Å². The minimum atomic E-state index is 0.570. The fraction of sp³-hybridized carbons (Fsp3) is 1.00. The molecule has 9 rings (SSSR count). The summed E-state index contributed by atoms with van der Waals surface area (Å²) in [6, 6.07) is 2.68. The fourth-order valence-electron chi connectivity index (χ4n) is 19.5. The maximum Gasteiger partial charge on any atom is 0.0104 e. The maximum atomic E-state index is 3.52. The Labute approximate surface area is 330 Å². The van der Waals surface area contributed by atoms with Crippen LogP contribution in [0, 0.1) is 81.8 Å². The average molecular weight is 728 g/mol. The summed E-state index contributed by atoms with van der Waals surface area (Å²) in [4.78, 5) is 3.52. The first-order valence-corrected chi connectivity index (χ1v) is 25.7. The monoisotopic (exact) mass is 728 g/mol. The lowest BCUT2D eigenvalue weighted by Gasteiger charge is -2.58. The van der Waals surface area contributed by atoms with E-state index in [1.165, 1.54) is 57.8 Å². The normalized spacial score (nSPS) is 47.0. The van der Waals surface area contributed by atoms with Crippen molar-refractivity contribution in [2.24, 2.45) is 81.8 Å². The molecule has 0 N–H and O–H groups in total. The third kappa shape index (κ3) is 6.72. The van der Waals surface area contributed by atoms with Crippen molar-refractivity contribution < 1.29 is 0 Å². The Morgan fingerprint density at radius 3 is 1.66 bits per heavy atom. The molecule has 0 radical (unpaired) electrons. The lowest BCUT2D eigenvalue weighted by atomic mass is 9.49. The van der Waals surface area contributed by atoms with Crippen LogP contribution in [0.4, 0.5) is 0 Å². The van der Waals surface area contributed by atoms with Crippen molar-refractivity contribution in [1.29, 1.82) is 0 Å². The van der Waals surface area contributed by atoms with Crippen LogP contribution in [0.5, 0.6) is 0 Å². The van der Waals surface area contributed by atoms with Gasteiger partial charge in [0.05, 0.1) is 0 Å². The van der Waals surface area contributed by atoms with Gasteiger partial charge in [-0.25, -0.2) is 0 Å². The molecule has 0 aromatic carbocycles. The van der Waals surface area contributed by atoms with Gasteiger partial charge in [-0.1, -0.05) is 137 Å². The Morgan fingerprint density at radius 2 is 0.981 bits per heavy atom.